The molecule has 2 nitrogen and oxygen atoms in total. The van der Waals surface area contributed by atoms with E-state index in [0.717, 1.165) is 19.5 Å². The van der Waals surface area contributed by atoms with Crippen LogP contribution < -0.4 is 5.32 Å². The normalized spacial score (nSPS) is 23.4. The molecule has 1 aliphatic heterocycles. The van der Waals surface area contributed by atoms with Crippen LogP contribution in [0.4, 0.5) is 0 Å². The molecule has 0 bridgehead atoms. The lowest BCUT2D eigenvalue weighted by Crippen LogP contribution is -2.37. The molecule has 0 radical (unpaired) electrons. The largest absolute Gasteiger partial charge is 0.382 e. The summed E-state index contributed by atoms with van der Waals surface area (Å²) in [5.41, 5.74) is 2.47. The maximum Gasteiger partial charge on any atom is 0.0575 e. The third-order valence-electron chi connectivity index (χ3n) is 2.13. The molecule has 0 aromatic carbocycles. The molecule has 1 N–H and O–H groups in total. The van der Waals surface area contributed by atoms with Gasteiger partial charge in [-0.3, -0.25) is 0 Å². The lowest BCUT2D eigenvalue weighted by Gasteiger charge is -2.31. The molecule has 72 valence electrons. The van der Waals surface area contributed by atoms with E-state index >= 15 is 0 Å². The predicted octanol–water partition coefficient (Wildman–Crippen LogP) is 1.89. The number of likely N-dealkylation sites (N-methyl/N-ethyl adjacent to an activating group) is 1. The van der Waals surface area contributed by atoms with E-state index in [4.69, 9.17) is 0 Å². The molecular weight excluding hydrogens is 160 g/mol. The van der Waals surface area contributed by atoms with E-state index in [1.165, 1.54) is 11.4 Å². The Labute approximate surface area is 80.6 Å². The molecule has 0 aliphatic carbocycles. The molecule has 0 unspecified atom stereocenters. The van der Waals surface area contributed by atoms with Gasteiger partial charge in [0.1, 0.15) is 0 Å². The fraction of sp³-hybridized carbons (Fsp3) is 0.455. The van der Waals surface area contributed by atoms with Crippen molar-refractivity contribution in [1.29, 1.82) is 0 Å². The first kappa shape index (κ1) is 9.90. The number of rotatable bonds is 2. The second-order valence-electron chi connectivity index (χ2n) is 3.16. The molecule has 1 rings (SSSR count). The van der Waals surface area contributed by atoms with E-state index < -0.39 is 0 Å². The Morgan fingerprint density at radius 2 is 2.38 bits per heavy atom. The fourth-order valence-electron chi connectivity index (χ4n) is 1.50. The molecule has 1 fully saturated rings. The van der Waals surface area contributed by atoms with Gasteiger partial charge in [0, 0.05) is 20.1 Å². The topological polar surface area (TPSA) is 15.3 Å². The molecule has 13 heavy (non-hydrogen) atoms. The van der Waals surface area contributed by atoms with Crippen LogP contribution in [0.3, 0.4) is 0 Å². The Morgan fingerprint density at radius 1 is 1.62 bits per heavy atom. The third kappa shape index (κ3) is 2.38. The van der Waals surface area contributed by atoms with Crippen molar-refractivity contribution in [2.24, 2.45) is 0 Å². The van der Waals surface area contributed by atoms with Crippen molar-refractivity contribution in [2.75, 3.05) is 20.1 Å². The Kier molecular flexibility index (Phi) is 3.62. The van der Waals surface area contributed by atoms with Gasteiger partial charge in [-0.2, -0.15) is 0 Å². The smallest absolute Gasteiger partial charge is 0.0575 e. The zero-order valence-electron chi connectivity index (χ0n) is 8.51. The first-order chi connectivity index (χ1) is 6.29. The van der Waals surface area contributed by atoms with Crippen molar-refractivity contribution in [1.82, 2.24) is 10.2 Å². The van der Waals surface area contributed by atoms with Gasteiger partial charge in [0.05, 0.1) is 11.4 Å². The zero-order chi connectivity index (χ0) is 9.68. The highest BCUT2D eigenvalue weighted by Crippen LogP contribution is 2.15. The van der Waals surface area contributed by atoms with Gasteiger partial charge in [0.2, 0.25) is 0 Å². The summed E-state index contributed by atoms with van der Waals surface area (Å²) in [4.78, 5) is 2.27. The lowest BCUT2D eigenvalue weighted by atomic mass is 10.2. The zero-order valence-corrected chi connectivity index (χ0v) is 8.51. The minimum Gasteiger partial charge on any atom is -0.382 e. The molecule has 2 heteroatoms. The minimum absolute atomic E-state index is 1.01. The predicted molar refractivity (Wildman–Crippen MR) is 57.3 cm³/mol. The van der Waals surface area contributed by atoms with E-state index in [2.05, 4.69) is 36.8 Å². The van der Waals surface area contributed by atoms with Crippen molar-refractivity contribution < 1.29 is 0 Å². The van der Waals surface area contributed by atoms with E-state index in [1.54, 1.807) is 0 Å². The van der Waals surface area contributed by atoms with Crippen molar-refractivity contribution >= 4 is 0 Å². The molecule has 0 saturated carbocycles. The quantitative estimate of drug-likeness (QED) is 0.694. The van der Waals surface area contributed by atoms with Crippen molar-refractivity contribution in [3.63, 3.8) is 0 Å². The van der Waals surface area contributed by atoms with Gasteiger partial charge in [-0.15, -0.1) is 0 Å². The summed E-state index contributed by atoms with van der Waals surface area (Å²) in [6.07, 6.45) is 7.15. The van der Waals surface area contributed by atoms with Gasteiger partial charge in [-0.05, 0) is 12.5 Å². The van der Waals surface area contributed by atoms with Gasteiger partial charge in [0.25, 0.3) is 0 Å². The lowest BCUT2D eigenvalue weighted by molar-refractivity contribution is 0.384. The number of hydrogen-bond donors (Lipinski definition) is 1. The van der Waals surface area contributed by atoms with Crippen LogP contribution >= 0.6 is 0 Å². The molecule has 1 heterocycles. The highest BCUT2D eigenvalue weighted by Gasteiger charge is 2.13. The van der Waals surface area contributed by atoms with Crippen LogP contribution in [0.2, 0.25) is 0 Å². The standard InChI is InChI=1S/C11H18N2/c1-4-6-10-11(7-5-2)13(3)9-8-12-10/h4,6-7,12H,1,5,8-9H2,2-3H3/b10-6+,11-7+. The number of nitrogens with zero attached hydrogens (tertiary/aromatic N) is 1. The summed E-state index contributed by atoms with van der Waals surface area (Å²) in [6, 6.07) is 0. The van der Waals surface area contributed by atoms with Crippen molar-refractivity contribution in [3.05, 3.63) is 36.2 Å². The van der Waals surface area contributed by atoms with Crippen LogP contribution in [0, 0.1) is 0 Å². The first-order valence-corrected chi connectivity index (χ1v) is 4.77. The van der Waals surface area contributed by atoms with Gasteiger partial charge in [-0.25, -0.2) is 0 Å². The molecule has 0 aromatic rings. The van der Waals surface area contributed by atoms with Gasteiger partial charge < -0.3 is 10.2 Å². The van der Waals surface area contributed by atoms with Crippen LogP contribution in [-0.4, -0.2) is 25.0 Å². The van der Waals surface area contributed by atoms with Crippen LogP contribution in [-0.2, 0) is 0 Å². The van der Waals surface area contributed by atoms with Crippen LogP contribution in [0.25, 0.3) is 0 Å². The molecule has 0 aromatic heterocycles. The SMILES string of the molecule is C=C/C=C1/NCCN(C)/C1=C/CC. The highest BCUT2D eigenvalue weighted by molar-refractivity contribution is 5.32. The molecule has 0 spiro atoms. The number of allylic oxidation sites excluding steroid dienone is 3. The van der Waals surface area contributed by atoms with Gasteiger partial charge in [-0.1, -0.05) is 25.7 Å². The van der Waals surface area contributed by atoms with Crippen LogP contribution in [0.5, 0.6) is 0 Å². The first-order valence-electron chi connectivity index (χ1n) is 4.77. The van der Waals surface area contributed by atoms with Crippen LogP contribution in [0.15, 0.2) is 36.2 Å². The second-order valence-corrected chi connectivity index (χ2v) is 3.16. The maximum atomic E-state index is 3.71. The Morgan fingerprint density at radius 3 is 3.00 bits per heavy atom. The Bertz CT molecular complexity index is 238. The molecular formula is C11H18N2. The van der Waals surface area contributed by atoms with E-state index in [0.29, 0.717) is 0 Å². The summed E-state index contributed by atoms with van der Waals surface area (Å²) < 4.78 is 0. The fourth-order valence-corrected chi connectivity index (χ4v) is 1.50. The second kappa shape index (κ2) is 4.75. The minimum atomic E-state index is 1.01. The number of hydrogen-bond acceptors (Lipinski definition) is 2. The average Bonchev–Trinajstić information content (AvgIpc) is 2.11. The molecule has 0 atom stereocenters. The van der Waals surface area contributed by atoms with E-state index in [1.807, 2.05) is 12.2 Å². The van der Waals surface area contributed by atoms with E-state index in [-0.39, 0.29) is 0 Å². The molecule has 0 amide bonds. The van der Waals surface area contributed by atoms with Crippen molar-refractivity contribution in [2.45, 2.75) is 13.3 Å². The summed E-state index contributed by atoms with van der Waals surface area (Å²) >= 11 is 0. The summed E-state index contributed by atoms with van der Waals surface area (Å²) in [6.45, 7) is 7.95. The average molecular weight is 178 g/mol. The summed E-state index contributed by atoms with van der Waals surface area (Å²) in [7, 11) is 2.12. The van der Waals surface area contributed by atoms with E-state index in [9.17, 15) is 0 Å². The monoisotopic (exact) mass is 178 g/mol. The third-order valence-corrected chi connectivity index (χ3v) is 2.13. The maximum absolute atomic E-state index is 3.71. The Balaban J connectivity index is 2.86. The van der Waals surface area contributed by atoms with Gasteiger partial charge in [0.15, 0.2) is 0 Å². The summed E-state index contributed by atoms with van der Waals surface area (Å²) in [5, 5.41) is 3.37. The van der Waals surface area contributed by atoms with Crippen LogP contribution in [0.1, 0.15) is 13.3 Å². The highest BCUT2D eigenvalue weighted by atomic mass is 15.2. The molecule has 1 aliphatic rings. The van der Waals surface area contributed by atoms with Gasteiger partial charge >= 0.3 is 0 Å². The number of nitrogens with one attached hydrogen (secondary N) is 1. The molecule has 1 saturated heterocycles. The number of piperazine rings is 1. The summed E-state index contributed by atoms with van der Waals surface area (Å²) in [5.74, 6) is 0. The Hall–Kier alpha value is -1.18. The van der Waals surface area contributed by atoms with Crippen molar-refractivity contribution in [3.8, 4) is 0 Å².